The van der Waals surface area contributed by atoms with Crippen molar-refractivity contribution in [2.24, 2.45) is 0 Å². The summed E-state index contributed by atoms with van der Waals surface area (Å²) in [6.45, 7) is 0. The van der Waals surface area contributed by atoms with Gasteiger partial charge in [-0.05, 0) is 34.5 Å². The third-order valence-electron chi connectivity index (χ3n) is 2.73. The maximum atomic E-state index is 2.32. The molecule has 80 valence electrons. The topological polar surface area (TPSA) is 0 Å². The fraction of sp³-hybridized carbons (Fsp3) is 0.143. The average Bonchev–Trinajstić information content (AvgIpc) is 2.32. The standard InChI is InChI=1S/C14H12S2/c1-3-7-13-11(5-1)9-15-14-8-4-2-6-12(14)10-16-13/h1-5,7-10,13H,6H2. The van der Waals surface area contributed by atoms with E-state index in [-0.39, 0.29) is 0 Å². The molecule has 0 fully saturated rings. The minimum atomic E-state index is 0.498. The van der Waals surface area contributed by atoms with Gasteiger partial charge in [-0.3, -0.25) is 0 Å². The van der Waals surface area contributed by atoms with Gasteiger partial charge in [-0.1, -0.05) is 48.2 Å². The van der Waals surface area contributed by atoms with Crippen LogP contribution < -0.4 is 0 Å². The molecule has 1 aliphatic heterocycles. The molecule has 2 aliphatic carbocycles. The van der Waals surface area contributed by atoms with Crippen molar-refractivity contribution >= 4 is 23.5 Å². The maximum Gasteiger partial charge on any atom is 0.0526 e. The molecule has 0 aromatic heterocycles. The number of rotatable bonds is 0. The van der Waals surface area contributed by atoms with Crippen molar-refractivity contribution in [2.45, 2.75) is 11.7 Å². The summed E-state index contributed by atoms with van der Waals surface area (Å²) in [6.07, 6.45) is 16.4. The van der Waals surface area contributed by atoms with Crippen molar-refractivity contribution in [3.8, 4) is 0 Å². The molecule has 0 amide bonds. The third-order valence-corrected chi connectivity index (χ3v) is 4.92. The molecule has 0 nitrogen and oxygen atoms in total. The van der Waals surface area contributed by atoms with Crippen LogP contribution in [0.2, 0.25) is 0 Å². The van der Waals surface area contributed by atoms with Crippen molar-refractivity contribution in [1.82, 2.24) is 0 Å². The van der Waals surface area contributed by atoms with E-state index >= 15 is 0 Å². The minimum absolute atomic E-state index is 0.498. The van der Waals surface area contributed by atoms with E-state index in [9.17, 15) is 0 Å². The first-order valence-corrected chi connectivity index (χ1v) is 7.19. The van der Waals surface area contributed by atoms with Gasteiger partial charge in [0.1, 0.15) is 0 Å². The zero-order valence-corrected chi connectivity index (χ0v) is 10.4. The zero-order chi connectivity index (χ0) is 10.8. The van der Waals surface area contributed by atoms with E-state index in [4.69, 9.17) is 0 Å². The quantitative estimate of drug-likeness (QED) is 0.612. The Kier molecular flexibility index (Phi) is 2.94. The van der Waals surface area contributed by atoms with E-state index < -0.39 is 0 Å². The maximum absolute atomic E-state index is 2.32. The van der Waals surface area contributed by atoms with Gasteiger partial charge in [-0.25, -0.2) is 0 Å². The van der Waals surface area contributed by atoms with E-state index in [2.05, 4.69) is 53.3 Å². The molecule has 0 bridgehead atoms. The van der Waals surface area contributed by atoms with Crippen LogP contribution in [0.25, 0.3) is 0 Å². The fourth-order valence-corrected chi connectivity index (χ4v) is 3.95. The molecule has 0 N–H and O–H groups in total. The van der Waals surface area contributed by atoms with Gasteiger partial charge in [-0.15, -0.1) is 11.8 Å². The Labute approximate surface area is 105 Å². The Bertz CT molecular complexity index is 473. The highest BCUT2D eigenvalue weighted by Gasteiger charge is 2.16. The van der Waals surface area contributed by atoms with Gasteiger partial charge in [0.2, 0.25) is 0 Å². The summed E-state index contributed by atoms with van der Waals surface area (Å²) in [5.74, 6) is 0. The normalized spacial score (nSPS) is 27.0. The van der Waals surface area contributed by atoms with Crippen LogP contribution in [0, 0.1) is 0 Å². The van der Waals surface area contributed by atoms with Crippen molar-refractivity contribution in [1.29, 1.82) is 0 Å². The lowest BCUT2D eigenvalue weighted by Crippen LogP contribution is -2.04. The molecule has 0 aromatic carbocycles. The SMILES string of the molecule is C1=CCC2=CSC3C=CC=CC3=CSC2=C1. The second-order valence-corrected chi connectivity index (χ2v) is 5.77. The zero-order valence-electron chi connectivity index (χ0n) is 8.80. The van der Waals surface area contributed by atoms with Crippen LogP contribution in [0.4, 0.5) is 0 Å². The molecule has 3 rings (SSSR count). The first-order chi connectivity index (χ1) is 7.93. The van der Waals surface area contributed by atoms with Crippen LogP contribution >= 0.6 is 23.5 Å². The van der Waals surface area contributed by atoms with Crippen LogP contribution in [0.5, 0.6) is 0 Å². The molecule has 0 spiro atoms. The van der Waals surface area contributed by atoms with Crippen LogP contribution in [0.3, 0.4) is 0 Å². The van der Waals surface area contributed by atoms with Gasteiger partial charge < -0.3 is 0 Å². The molecule has 16 heavy (non-hydrogen) atoms. The van der Waals surface area contributed by atoms with Gasteiger partial charge in [0.15, 0.2) is 0 Å². The molecule has 0 saturated carbocycles. The molecule has 2 heteroatoms. The summed E-state index contributed by atoms with van der Waals surface area (Å²) < 4.78 is 0. The first kappa shape index (κ1) is 10.3. The highest BCUT2D eigenvalue weighted by molar-refractivity contribution is 8.06. The van der Waals surface area contributed by atoms with Crippen LogP contribution in [0.15, 0.2) is 69.4 Å². The minimum Gasteiger partial charge on any atom is -0.121 e. The molecule has 0 aromatic rings. The van der Waals surface area contributed by atoms with Gasteiger partial charge in [0, 0.05) is 4.91 Å². The number of fused-ring (bicyclic) bond motifs is 2. The Hall–Kier alpha value is -0.860. The molecule has 1 atom stereocenters. The Balaban J connectivity index is 1.94. The Morgan fingerprint density at radius 3 is 3.12 bits per heavy atom. The summed E-state index contributed by atoms with van der Waals surface area (Å²) in [5, 5.41) is 5.11. The molecular formula is C14H12S2. The van der Waals surface area contributed by atoms with Gasteiger partial charge in [-0.2, -0.15) is 0 Å². The lowest BCUT2D eigenvalue weighted by molar-refractivity contribution is 1.25. The smallest absolute Gasteiger partial charge is 0.0526 e. The fourth-order valence-electron chi connectivity index (χ4n) is 1.83. The third kappa shape index (κ3) is 2.00. The second kappa shape index (κ2) is 4.56. The summed E-state index contributed by atoms with van der Waals surface area (Å²) >= 11 is 3.76. The second-order valence-electron chi connectivity index (χ2n) is 3.84. The van der Waals surface area contributed by atoms with Crippen molar-refractivity contribution in [3.63, 3.8) is 0 Å². The van der Waals surface area contributed by atoms with E-state index in [0.717, 1.165) is 6.42 Å². The Morgan fingerprint density at radius 2 is 2.12 bits per heavy atom. The predicted molar refractivity (Wildman–Crippen MR) is 75.3 cm³/mol. The van der Waals surface area contributed by atoms with Gasteiger partial charge in [0.25, 0.3) is 0 Å². The average molecular weight is 244 g/mol. The summed E-state index contributed by atoms with van der Waals surface area (Å²) in [4.78, 5) is 1.39. The molecule has 1 unspecified atom stereocenters. The van der Waals surface area contributed by atoms with E-state index in [0.29, 0.717) is 5.25 Å². The number of hydrogen-bond acceptors (Lipinski definition) is 2. The summed E-state index contributed by atoms with van der Waals surface area (Å²) in [6, 6.07) is 0. The number of allylic oxidation sites excluding steroid dienone is 7. The first-order valence-electron chi connectivity index (χ1n) is 5.37. The van der Waals surface area contributed by atoms with E-state index in [1.165, 1.54) is 16.1 Å². The van der Waals surface area contributed by atoms with Crippen LogP contribution in [-0.2, 0) is 0 Å². The largest absolute Gasteiger partial charge is 0.121 e. The highest BCUT2D eigenvalue weighted by Crippen LogP contribution is 2.39. The van der Waals surface area contributed by atoms with Gasteiger partial charge >= 0.3 is 0 Å². The monoisotopic (exact) mass is 244 g/mol. The van der Waals surface area contributed by atoms with Crippen molar-refractivity contribution in [2.75, 3.05) is 0 Å². The number of hydrogen-bond donors (Lipinski definition) is 0. The van der Waals surface area contributed by atoms with Crippen LogP contribution in [0.1, 0.15) is 6.42 Å². The summed E-state index contributed by atoms with van der Waals surface area (Å²) in [5.41, 5.74) is 2.86. The Morgan fingerprint density at radius 1 is 1.12 bits per heavy atom. The molecule has 0 radical (unpaired) electrons. The molecule has 3 aliphatic rings. The number of thioether (sulfide) groups is 2. The van der Waals surface area contributed by atoms with E-state index in [1.54, 1.807) is 0 Å². The van der Waals surface area contributed by atoms with Crippen LogP contribution in [-0.4, -0.2) is 5.25 Å². The summed E-state index contributed by atoms with van der Waals surface area (Å²) in [7, 11) is 0. The molecular weight excluding hydrogens is 232 g/mol. The highest BCUT2D eigenvalue weighted by atomic mass is 32.2. The predicted octanol–water partition coefficient (Wildman–Crippen LogP) is 4.57. The van der Waals surface area contributed by atoms with Crippen molar-refractivity contribution in [3.05, 3.63) is 69.4 Å². The van der Waals surface area contributed by atoms with Crippen molar-refractivity contribution < 1.29 is 0 Å². The van der Waals surface area contributed by atoms with Gasteiger partial charge in [0.05, 0.1) is 5.25 Å². The molecule has 0 saturated heterocycles. The lowest BCUT2D eigenvalue weighted by atomic mass is 10.1. The molecule has 1 heterocycles. The lowest BCUT2D eigenvalue weighted by Gasteiger charge is -2.20. The van der Waals surface area contributed by atoms with E-state index in [1.807, 2.05) is 23.5 Å².